The summed E-state index contributed by atoms with van der Waals surface area (Å²) in [6.45, 7) is 1.88. The minimum atomic E-state index is -0.709. The van der Waals surface area contributed by atoms with Crippen LogP contribution in [0.5, 0.6) is 23.0 Å². The van der Waals surface area contributed by atoms with Gasteiger partial charge in [-0.15, -0.1) is 0 Å². The fraction of sp³-hybridized carbons (Fsp3) is 0.0833. The molecule has 3 aromatic rings. The highest BCUT2D eigenvalue weighted by molar-refractivity contribution is 6.15. The normalized spacial score (nSPS) is 15.0. The Morgan fingerprint density at radius 2 is 1.87 bits per heavy atom. The molecule has 3 aromatic carbocycles. The second kappa shape index (κ2) is 7.28. The molecule has 2 aliphatic rings. The van der Waals surface area contributed by atoms with Gasteiger partial charge in [0.15, 0.2) is 17.3 Å². The number of hydrogen-bond acceptors (Lipinski definition) is 6. The molecular weight excluding hydrogens is 403 g/mol. The Hall–Kier alpha value is -4.13. The van der Waals surface area contributed by atoms with Crippen LogP contribution in [0, 0.1) is 12.7 Å². The monoisotopic (exact) mass is 418 g/mol. The predicted molar refractivity (Wildman–Crippen MR) is 108 cm³/mol. The number of esters is 1. The number of fused-ring (bicyclic) bond motifs is 2. The number of halogens is 1. The summed E-state index contributed by atoms with van der Waals surface area (Å²) in [4.78, 5) is 25.2. The summed E-state index contributed by atoms with van der Waals surface area (Å²) >= 11 is 0. The molecule has 0 saturated heterocycles. The number of hydrogen-bond donors (Lipinski definition) is 0. The lowest BCUT2D eigenvalue weighted by atomic mass is 10.0. The van der Waals surface area contributed by atoms with Crippen molar-refractivity contribution in [3.63, 3.8) is 0 Å². The van der Waals surface area contributed by atoms with Crippen molar-refractivity contribution in [3.8, 4) is 23.0 Å². The topological polar surface area (TPSA) is 71.1 Å². The standard InChI is InChI=1S/C24H15FO6/c1-13-7-17(30-24(27)15-3-2-4-16(25)10-15)11-20-22(13)23(26)21(31-20)9-14-5-6-18-19(8-14)29-12-28-18/h2-11H,12H2,1H3/b21-9-. The van der Waals surface area contributed by atoms with Gasteiger partial charge in [-0.05, 0) is 60.5 Å². The molecule has 0 atom stereocenters. The van der Waals surface area contributed by atoms with E-state index in [-0.39, 0.29) is 29.6 Å². The van der Waals surface area contributed by atoms with Crippen LogP contribution in [0.4, 0.5) is 4.39 Å². The lowest BCUT2D eigenvalue weighted by Gasteiger charge is -2.08. The molecule has 0 fully saturated rings. The van der Waals surface area contributed by atoms with Gasteiger partial charge in [-0.1, -0.05) is 12.1 Å². The van der Waals surface area contributed by atoms with Gasteiger partial charge in [0.1, 0.15) is 17.3 Å². The van der Waals surface area contributed by atoms with Crippen molar-refractivity contribution in [3.05, 3.63) is 88.4 Å². The van der Waals surface area contributed by atoms with Crippen molar-refractivity contribution >= 4 is 17.8 Å². The average Bonchev–Trinajstić information content (AvgIpc) is 3.32. The van der Waals surface area contributed by atoms with E-state index in [1.165, 1.54) is 24.3 Å². The van der Waals surface area contributed by atoms with E-state index in [1.807, 2.05) is 0 Å². The molecular formula is C24H15FO6. The second-order valence-corrected chi connectivity index (χ2v) is 7.07. The summed E-state index contributed by atoms with van der Waals surface area (Å²) in [5.74, 6) is 0.358. The van der Waals surface area contributed by atoms with E-state index in [0.717, 1.165) is 11.6 Å². The highest BCUT2D eigenvalue weighted by atomic mass is 19.1. The minimum absolute atomic E-state index is 0.0820. The first-order chi connectivity index (χ1) is 15.0. The van der Waals surface area contributed by atoms with Crippen molar-refractivity contribution in [1.29, 1.82) is 0 Å². The maximum atomic E-state index is 13.4. The van der Waals surface area contributed by atoms with Crippen LogP contribution in [0.1, 0.15) is 31.8 Å². The zero-order valence-electron chi connectivity index (χ0n) is 16.3. The van der Waals surface area contributed by atoms with E-state index in [1.54, 1.807) is 37.3 Å². The van der Waals surface area contributed by atoms with Crippen molar-refractivity contribution in [2.75, 3.05) is 6.79 Å². The second-order valence-electron chi connectivity index (χ2n) is 7.07. The third kappa shape index (κ3) is 3.50. The van der Waals surface area contributed by atoms with Gasteiger partial charge in [0, 0.05) is 6.07 Å². The molecule has 31 heavy (non-hydrogen) atoms. The Morgan fingerprint density at radius 1 is 1.03 bits per heavy atom. The summed E-state index contributed by atoms with van der Waals surface area (Å²) in [6.07, 6.45) is 1.61. The van der Waals surface area contributed by atoms with Crippen LogP contribution >= 0.6 is 0 Å². The first-order valence-corrected chi connectivity index (χ1v) is 9.44. The van der Waals surface area contributed by atoms with Gasteiger partial charge in [0.2, 0.25) is 12.6 Å². The molecule has 0 amide bonds. The van der Waals surface area contributed by atoms with Crippen molar-refractivity contribution in [2.45, 2.75) is 6.92 Å². The molecule has 0 unspecified atom stereocenters. The number of ketones is 1. The molecule has 2 heterocycles. The van der Waals surface area contributed by atoms with Crippen LogP contribution in [-0.4, -0.2) is 18.5 Å². The minimum Gasteiger partial charge on any atom is -0.454 e. The molecule has 0 aliphatic carbocycles. The Labute approximate surface area is 176 Å². The number of ether oxygens (including phenoxy) is 4. The molecule has 0 saturated carbocycles. The van der Waals surface area contributed by atoms with E-state index in [9.17, 15) is 14.0 Å². The smallest absolute Gasteiger partial charge is 0.343 e. The van der Waals surface area contributed by atoms with E-state index in [2.05, 4.69) is 0 Å². The number of aryl methyl sites for hydroxylation is 1. The number of carbonyl (C=O) groups is 2. The number of benzene rings is 3. The summed E-state index contributed by atoms with van der Waals surface area (Å²) < 4.78 is 35.1. The largest absolute Gasteiger partial charge is 0.454 e. The third-order valence-electron chi connectivity index (χ3n) is 4.91. The van der Waals surface area contributed by atoms with E-state index >= 15 is 0 Å². The number of carbonyl (C=O) groups excluding carboxylic acids is 2. The molecule has 5 rings (SSSR count). The molecule has 0 N–H and O–H groups in total. The maximum absolute atomic E-state index is 13.4. The molecule has 154 valence electrons. The molecule has 0 spiro atoms. The highest BCUT2D eigenvalue weighted by Gasteiger charge is 2.30. The Morgan fingerprint density at radius 3 is 2.71 bits per heavy atom. The number of allylic oxidation sites excluding steroid dienone is 1. The third-order valence-corrected chi connectivity index (χ3v) is 4.91. The lowest BCUT2D eigenvalue weighted by Crippen LogP contribution is -2.09. The Bertz CT molecular complexity index is 1280. The maximum Gasteiger partial charge on any atom is 0.343 e. The SMILES string of the molecule is Cc1cc(OC(=O)c2cccc(F)c2)cc2c1C(=O)/C(=C/c1ccc3c(c1)OCO3)O2. The van der Waals surface area contributed by atoms with Crippen LogP contribution in [-0.2, 0) is 0 Å². The lowest BCUT2D eigenvalue weighted by molar-refractivity contribution is 0.0734. The van der Waals surface area contributed by atoms with Gasteiger partial charge in [0.25, 0.3) is 0 Å². The summed E-state index contributed by atoms with van der Waals surface area (Å²) in [5.41, 5.74) is 1.80. The van der Waals surface area contributed by atoms with Gasteiger partial charge < -0.3 is 18.9 Å². The molecule has 7 heteroatoms. The summed E-state index contributed by atoms with van der Waals surface area (Å²) in [6, 6.07) is 13.6. The van der Waals surface area contributed by atoms with Crippen molar-refractivity contribution < 1.29 is 32.9 Å². The Balaban J connectivity index is 1.41. The van der Waals surface area contributed by atoms with Gasteiger partial charge in [-0.25, -0.2) is 9.18 Å². The van der Waals surface area contributed by atoms with Crippen molar-refractivity contribution in [2.24, 2.45) is 0 Å². The van der Waals surface area contributed by atoms with Crippen LogP contribution in [0.3, 0.4) is 0 Å². The molecule has 0 radical (unpaired) electrons. The molecule has 2 aliphatic heterocycles. The van der Waals surface area contributed by atoms with E-state index < -0.39 is 11.8 Å². The number of rotatable bonds is 3. The van der Waals surface area contributed by atoms with E-state index in [0.29, 0.717) is 28.4 Å². The predicted octanol–water partition coefficient (Wildman–Crippen LogP) is 4.70. The van der Waals surface area contributed by atoms with Crippen molar-refractivity contribution in [1.82, 2.24) is 0 Å². The number of Topliss-reactive ketones (excluding diaryl/α,β-unsaturated/α-hetero) is 1. The zero-order chi connectivity index (χ0) is 21.5. The van der Waals surface area contributed by atoms with Gasteiger partial charge in [0.05, 0.1) is 11.1 Å². The van der Waals surface area contributed by atoms with Crippen LogP contribution < -0.4 is 18.9 Å². The summed E-state index contributed by atoms with van der Waals surface area (Å²) in [7, 11) is 0. The fourth-order valence-corrected chi connectivity index (χ4v) is 3.47. The average molecular weight is 418 g/mol. The first kappa shape index (κ1) is 18.9. The van der Waals surface area contributed by atoms with Gasteiger partial charge >= 0.3 is 5.97 Å². The highest BCUT2D eigenvalue weighted by Crippen LogP contribution is 2.39. The quantitative estimate of drug-likeness (QED) is 0.349. The molecule has 6 nitrogen and oxygen atoms in total. The zero-order valence-corrected chi connectivity index (χ0v) is 16.3. The Kier molecular flexibility index (Phi) is 4.43. The van der Waals surface area contributed by atoms with Crippen LogP contribution in [0.15, 0.2) is 60.4 Å². The van der Waals surface area contributed by atoms with Crippen LogP contribution in [0.2, 0.25) is 0 Å². The van der Waals surface area contributed by atoms with Crippen LogP contribution in [0.25, 0.3) is 6.08 Å². The summed E-state index contributed by atoms with van der Waals surface area (Å²) in [5, 5.41) is 0. The van der Waals surface area contributed by atoms with Gasteiger partial charge in [-0.3, -0.25) is 4.79 Å². The van der Waals surface area contributed by atoms with E-state index in [4.69, 9.17) is 18.9 Å². The first-order valence-electron chi connectivity index (χ1n) is 9.44. The molecule has 0 aromatic heterocycles. The molecule has 0 bridgehead atoms. The fourth-order valence-electron chi connectivity index (χ4n) is 3.47. The van der Waals surface area contributed by atoms with Gasteiger partial charge in [-0.2, -0.15) is 0 Å².